The molecule has 0 aliphatic heterocycles. The van der Waals surface area contributed by atoms with E-state index in [9.17, 15) is 14.9 Å². The molecule has 0 radical (unpaired) electrons. The smallest absolute Gasteiger partial charge is 0.311 e. The van der Waals surface area contributed by atoms with Crippen molar-refractivity contribution in [2.75, 3.05) is 5.32 Å². The first kappa shape index (κ1) is 16.1. The monoisotopic (exact) mass is 367 g/mol. The summed E-state index contributed by atoms with van der Waals surface area (Å²) in [6.07, 6.45) is 1.73. The third-order valence-corrected chi connectivity index (χ3v) is 3.54. The molecule has 2 heterocycles. The van der Waals surface area contributed by atoms with Crippen LogP contribution in [-0.4, -0.2) is 25.6 Å². The van der Waals surface area contributed by atoms with Gasteiger partial charge in [0.2, 0.25) is 5.91 Å². The zero-order valence-corrected chi connectivity index (χ0v) is 13.6. The van der Waals surface area contributed by atoms with E-state index < -0.39 is 4.92 Å². The molecule has 0 atom stereocenters. The lowest BCUT2D eigenvalue weighted by Crippen LogP contribution is -2.16. The van der Waals surface area contributed by atoms with E-state index >= 15 is 0 Å². The third kappa shape index (κ3) is 3.67. The molecule has 1 N–H and O–H groups in total. The first-order chi connectivity index (χ1) is 10.4. The number of halogens is 1. The van der Waals surface area contributed by atoms with Gasteiger partial charge in [-0.05, 0) is 41.9 Å². The summed E-state index contributed by atoms with van der Waals surface area (Å²) in [5.74, 6) is 0.220. The third-order valence-electron chi connectivity index (χ3n) is 3.07. The number of nitro groups is 1. The van der Waals surface area contributed by atoms with Gasteiger partial charge in [-0.3, -0.25) is 19.6 Å². The highest BCUT2D eigenvalue weighted by Gasteiger charge is 2.21. The molecule has 22 heavy (non-hydrogen) atoms. The van der Waals surface area contributed by atoms with Crippen molar-refractivity contribution in [2.24, 2.45) is 0 Å². The van der Waals surface area contributed by atoms with Crippen LogP contribution in [0.4, 0.5) is 11.5 Å². The van der Waals surface area contributed by atoms with Crippen LogP contribution in [-0.2, 0) is 11.3 Å². The van der Waals surface area contributed by atoms with Crippen LogP contribution >= 0.6 is 15.9 Å². The van der Waals surface area contributed by atoms with Gasteiger partial charge in [-0.15, -0.1) is 0 Å². The Balaban J connectivity index is 1.98. The number of carbonyl (C=O) groups is 1. The molecule has 116 valence electrons. The molecule has 0 bridgehead atoms. The number of anilines is 1. The van der Waals surface area contributed by atoms with Crippen LogP contribution in [0.5, 0.6) is 0 Å². The largest absolute Gasteiger partial charge is 0.312 e. The van der Waals surface area contributed by atoms with E-state index in [0.29, 0.717) is 17.2 Å². The maximum atomic E-state index is 11.9. The molecule has 0 fully saturated rings. The Labute approximate surface area is 134 Å². The second-order valence-electron chi connectivity index (χ2n) is 4.66. The fourth-order valence-electron chi connectivity index (χ4n) is 2.03. The van der Waals surface area contributed by atoms with E-state index in [1.54, 1.807) is 32.2 Å². The van der Waals surface area contributed by atoms with Crippen molar-refractivity contribution in [3.63, 3.8) is 0 Å². The summed E-state index contributed by atoms with van der Waals surface area (Å²) < 4.78 is 2.29. The van der Waals surface area contributed by atoms with Gasteiger partial charge in [0, 0.05) is 17.1 Å². The van der Waals surface area contributed by atoms with Gasteiger partial charge in [-0.2, -0.15) is 5.10 Å². The molecular formula is C13H14BrN5O3. The molecule has 0 aliphatic rings. The minimum absolute atomic E-state index is 0.00464. The van der Waals surface area contributed by atoms with E-state index in [4.69, 9.17) is 0 Å². The first-order valence-electron chi connectivity index (χ1n) is 6.48. The summed E-state index contributed by atoms with van der Waals surface area (Å²) >= 11 is 3.26. The summed E-state index contributed by atoms with van der Waals surface area (Å²) in [5.41, 5.74) is 0.782. The van der Waals surface area contributed by atoms with Crippen molar-refractivity contribution in [3.8, 4) is 0 Å². The number of nitrogens with zero attached hydrogens (tertiary/aromatic N) is 4. The van der Waals surface area contributed by atoms with Gasteiger partial charge in [-0.25, -0.2) is 4.98 Å². The molecule has 0 unspecified atom stereocenters. The topological polar surface area (TPSA) is 103 Å². The fourth-order valence-corrected chi connectivity index (χ4v) is 2.27. The van der Waals surface area contributed by atoms with Crippen molar-refractivity contribution in [1.82, 2.24) is 14.8 Å². The second kappa shape index (κ2) is 6.65. The fraction of sp³-hybridized carbons (Fsp3) is 0.308. The molecular weight excluding hydrogens is 354 g/mol. The number of nitrogens with one attached hydrogen (secondary N) is 1. The molecule has 0 saturated heterocycles. The summed E-state index contributed by atoms with van der Waals surface area (Å²) in [7, 11) is 0. The lowest BCUT2D eigenvalue weighted by Gasteiger charge is -2.05. The number of hydrogen-bond donors (Lipinski definition) is 1. The Morgan fingerprint density at radius 1 is 1.45 bits per heavy atom. The van der Waals surface area contributed by atoms with Crippen LogP contribution in [0.3, 0.4) is 0 Å². The Kier molecular flexibility index (Phi) is 4.86. The summed E-state index contributed by atoms with van der Waals surface area (Å²) in [6, 6.07) is 3.45. The van der Waals surface area contributed by atoms with Gasteiger partial charge < -0.3 is 5.32 Å². The van der Waals surface area contributed by atoms with Crippen LogP contribution in [0.1, 0.15) is 17.8 Å². The summed E-state index contributed by atoms with van der Waals surface area (Å²) in [4.78, 5) is 26.4. The van der Waals surface area contributed by atoms with Gasteiger partial charge in [-0.1, -0.05) is 0 Å². The quantitative estimate of drug-likeness (QED) is 0.646. The second-order valence-corrected chi connectivity index (χ2v) is 5.58. The van der Waals surface area contributed by atoms with Crippen LogP contribution in [0, 0.1) is 24.0 Å². The Morgan fingerprint density at radius 2 is 2.18 bits per heavy atom. The Hall–Kier alpha value is -2.29. The standard InChI is InChI=1S/C13H14BrN5O3/c1-8-13(19(21)22)9(2)18(17-8)6-5-12(20)16-11-4-3-10(14)7-15-11/h3-4,7H,5-6H2,1-2H3,(H,15,16,20). The number of pyridine rings is 1. The van der Waals surface area contributed by atoms with E-state index in [1.807, 2.05) is 0 Å². The first-order valence-corrected chi connectivity index (χ1v) is 7.27. The molecule has 0 aromatic carbocycles. The van der Waals surface area contributed by atoms with Crippen molar-refractivity contribution in [3.05, 3.63) is 44.3 Å². The van der Waals surface area contributed by atoms with Crippen LogP contribution in [0.25, 0.3) is 0 Å². The zero-order chi connectivity index (χ0) is 16.3. The Bertz CT molecular complexity index is 711. The average Bonchev–Trinajstić information content (AvgIpc) is 2.73. The number of rotatable bonds is 5. The van der Waals surface area contributed by atoms with Gasteiger partial charge in [0.05, 0.1) is 11.5 Å². The van der Waals surface area contributed by atoms with Crippen molar-refractivity contribution in [2.45, 2.75) is 26.8 Å². The summed E-state index contributed by atoms with van der Waals surface area (Å²) in [6.45, 7) is 3.46. The number of hydrogen-bond acceptors (Lipinski definition) is 5. The highest BCUT2D eigenvalue weighted by Crippen LogP contribution is 2.21. The number of aromatic nitrogens is 3. The Morgan fingerprint density at radius 3 is 2.73 bits per heavy atom. The normalized spacial score (nSPS) is 10.5. The number of amides is 1. The molecule has 1 amide bonds. The molecule has 2 aromatic rings. The van der Waals surface area contributed by atoms with Crippen molar-refractivity contribution < 1.29 is 9.72 Å². The van der Waals surface area contributed by atoms with Gasteiger partial charge in [0.25, 0.3) is 0 Å². The van der Waals surface area contributed by atoms with E-state index in [1.165, 1.54) is 4.68 Å². The van der Waals surface area contributed by atoms with Gasteiger partial charge in [0.1, 0.15) is 17.2 Å². The average molecular weight is 368 g/mol. The molecule has 2 rings (SSSR count). The van der Waals surface area contributed by atoms with E-state index in [-0.39, 0.29) is 24.6 Å². The number of carbonyl (C=O) groups excluding carboxylic acids is 1. The maximum Gasteiger partial charge on any atom is 0.312 e. The van der Waals surface area contributed by atoms with Crippen molar-refractivity contribution >= 4 is 33.3 Å². The van der Waals surface area contributed by atoms with Crippen LogP contribution < -0.4 is 5.32 Å². The molecule has 2 aromatic heterocycles. The molecule has 0 spiro atoms. The predicted molar refractivity (Wildman–Crippen MR) is 83.5 cm³/mol. The highest BCUT2D eigenvalue weighted by molar-refractivity contribution is 9.10. The lowest BCUT2D eigenvalue weighted by atomic mass is 10.3. The molecule has 0 aliphatic carbocycles. The molecule has 9 heteroatoms. The minimum Gasteiger partial charge on any atom is -0.311 e. The zero-order valence-electron chi connectivity index (χ0n) is 12.0. The molecule has 8 nitrogen and oxygen atoms in total. The van der Waals surface area contributed by atoms with Crippen molar-refractivity contribution in [1.29, 1.82) is 0 Å². The van der Waals surface area contributed by atoms with Crippen LogP contribution in [0.2, 0.25) is 0 Å². The lowest BCUT2D eigenvalue weighted by molar-refractivity contribution is -0.386. The SMILES string of the molecule is Cc1nn(CCC(=O)Nc2ccc(Br)cn2)c(C)c1[N+](=O)[O-]. The van der Waals surface area contributed by atoms with E-state index in [2.05, 4.69) is 31.3 Å². The maximum absolute atomic E-state index is 11.9. The van der Waals surface area contributed by atoms with Gasteiger partial charge in [0.15, 0.2) is 0 Å². The predicted octanol–water partition coefficient (Wildman–Crippen LogP) is 2.59. The summed E-state index contributed by atoms with van der Waals surface area (Å²) in [5, 5.41) is 17.7. The minimum atomic E-state index is -0.458. The highest BCUT2D eigenvalue weighted by atomic mass is 79.9. The molecule has 0 saturated carbocycles. The van der Waals surface area contributed by atoms with Gasteiger partial charge >= 0.3 is 5.69 Å². The van der Waals surface area contributed by atoms with E-state index in [0.717, 1.165) is 4.47 Å². The number of aryl methyl sites for hydroxylation is 2. The van der Waals surface area contributed by atoms with Crippen LogP contribution in [0.15, 0.2) is 22.8 Å².